The predicted octanol–water partition coefficient (Wildman–Crippen LogP) is 2.09. The van der Waals surface area contributed by atoms with Crippen molar-refractivity contribution in [2.45, 2.75) is 47.6 Å². The monoisotopic (exact) mass is 263 g/mol. The predicted molar refractivity (Wildman–Crippen MR) is 54.0 cm³/mol. The van der Waals surface area contributed by atoms with Crippen LogP contribution in [0.25, 0.3) is 0 Å². The van der Waals surface area contributed by atoms with Gasteiger partial charge >= 0.3 is 0 Å². The molecular formula is C9H14IN. The number of piperidine rings is 2. The van der Waals surface area contributed by atoms with Gasteiger partial charge in [-0.1, -0.05) is 22.6 Å². The van der Waals surface area contributed by atoms with Crippen LogP contribution in [-0.4, -0.2) is 15.5 Å². The molecule has 2 atom stereocenters. The Labute approximate surface area is 81.5 Å². The van der Waals surface area contributed by atoms with Crippen molar-refractivity contribution < 1.29 is 0 Å². The summed E-state index contributed by atoms with van der Waals surface area (Å²) >= 11 is 2.73. The zero-order valence-electron chi connectivity index (χ0n) is 6.65. The Morgan fingerprint density at radius 3 is 2.18 bits per heavy atom. The minimum Gasteiger partial charge on any atom is -0.311 e. The second kappa shape index (κ2) is 2.13. The molecule has 0 amide bonds. The van der Waals surface area contributed by atoms with Gasteiger partial charge in [0.1, 0.15) is 0 Å². The quantitative estimate of drug-likeness (QED) is 0.521. The molecule has 2 heterocycles. The Morgan fingerprint density at radius 2 is 1.73 bits per heavy atom. The minimum absolute atomic E-state index is 0.708. The van der Waals surface area contributed by atoms with Gasteiger partial charge in [-0.3, -0.25) is 0 Å². The molecule has 4 fully saturated rings. The third-order valence-electron chi connectivity index (χ3n) is 3.59. The van der Waals surface area contributed by atoms with Gasteiger partial charge in [-0.2, -0.15) is 0 Å². The van der Waals surface area contributed by atoms with Crippen LogP contribution in [0, 0.1) is 5.92 Å². The van der Waals surface area contributed by atoms with Crippen molar-refractivity contribution >= 4 is 22.6 Å². The fraction of sp³-hybridized carbons (Fsp3) is 1.00. The van der Waals surface area contributed by atoms with Gasteiger partial charge < -0.3 is 5.32 Å². The first-order chi connectivity index (χ1) is 5.23. The zero-order chi connectivity index (χ0) is 7.47. The summed E-state index contributed by atoms with van der Waals surface area (Å²) in [4.78, 5) is 0. The molecule has 0 aromatic rings. The van der Waals surface area contributed by atoms with E-state index in [2.05, 4.69) is 27.9 Å². The van der Waals surface area contributed by atoms with Crippen molar-refractivity contribution in [2.75, 3.05) is 0 Å². The third kappa shape index (κ3) is 1.05. The van der Waals surface area contributed by atoms with E-state index in [4.69, 9.17) is 0 Å². The molecule has 2 heteroatoms. The topological polar surface area (TPSA) is 12.0 Å². The van der Waals surface area contributed by atoms with Crippen LogP contribution in [0.4, 0.5) is 0 Å². The van der Waals surface area contributed by atoms with E-state index >= 15 is 0 Å². The summed E-state index contributed by atoms with van der Waals surface area (Å²) < 4.78 is 0.708. The molecule has 2 aliphatic carbocycles. The maximum absolute atomic E-state index is 3.73. The van der Waals surface area contributed by atoms with Gasteiger partial charge in [-0.05, 0) is 38.0 Å². The van der Waals surface area contributed by atoms with Gasteiger partial charge in [0.2, 0.25) is 0 Å². The summed E-state index contributed by atoms with van der Waals surface area (Å²) in [6, 6.07) is 1.77. The molecule has 0 aromatic heterocycles. The Kier molecular flexibility index (Phi) is 1.38. The van der Waals surface area contributed by atoms with Gasteiger partial charge in [-0.25, -0.2) is 0 Å². The Bertz CT molecular complexity index is 155. The number of rotatable bonds is 0. The van der Waals surface area contributed by atoms with Crippen LogP contribution >= 0.6 is 22.6 Å². The number of halogens is 1. The summed E-state index contributed by atoms with van der Waals surface area (Å²) in [6.07, 6.45) is 7.35. The van der Waals surface area contributed by atoms with Crippen molar-refractivity contribution in [3.05, 3.63) is 0 Å². The van der Waals surface area contributed by atoms with Crippen LogP contribution in [0.15, 0.2) is 0 Å². The van der Waals surface area contributed by atoms with Gasteiger partial charge in [0.25, 0.3) is 0 Å². The fourth-order valence-corrected chi connectivity index (χ4v) is 5.16. The molecule has 2 saturated heterocycles. The molecule has 2 aliphatic heterocycles. The lowest BCUT2D eigenvalue weighted by Gasteiger charge is -2.54. The highest BCUT2D eigenvalue weighted by atomic mass is 127. The second-order valence-corrected chi connectivity index (χ2v) is 6.95. The normalized spacial score (nSPS) is 60.3. The van der Waals surface area contributed by atoms with E-state index in [9.17, 15) is 0 Å². The number of hydrogen-bond donors (Lipinski definition) is 1. The van der Waals surface area contributed by atoms with Crippen molar-refractivity contribution in [3.8, 4) is 0 Å². The molecule has 2 unspecified atom stereocenters. The van der Waals surface area contributed by atoms with E-state index in [0.29, 0.717) is 3.42 Å². The molecule has 4 aliphatic rings. The van der Waals surface area contributed by atoms with Crippen LogP contribution in [-0.2, 0) is 0 Å². The zero-order valence-corrected chi connectivity index (χ0v) is 8.80. The summed E-state index contributed by atoms with van der Waals surface area (Å²) in [6.45, 7) is 0. The highest BCUT2D eigenvalue weighted by Crippen LogP contribution is 2.51. The first kappa shape index (κ1) is 7.13. The van der Waals surface area contributed by atoms with Crippen molar-refractivity contribution in [3.63, 3.8) is 0 Å². The van der Waals surface area contributed by atoms with E-state index in [-0.39, 0.29) is 0 Å². The Hall–Kier alpha value is 0.690. The first-order valence-corrected chi connectivity index (χ1v) is 5.76. The average Bonchev–Trinajstić information content (AvgIpc) is 1.79. The van der Waals surface area contributed by atoms with E-state index in [1.54, 1.807) is 0 Å². The largest absolute Gasteiger partial charge is 0.311 e. The van der Waals surface area contributed by atoms with Crippen LogP contribution in [0.2, 0.25) is 0 Å². The molecule has 62 valence electrons. The highest BCUT2D eigenvalue weighted by Gasteiger charge is 2.49. The van der Waals surface area contributed by atoms with Crippen LogP contribution in [0.1, 0.15) is 32.1 Å². The van der Waals surface area contributed by atoms with Gasteiger partial charge in [0.05, 0.1) is 0 Å². The molecule has 1 nitrogen and oxygen atoms in total. The van der Waals surface area contributed by atoms with Gasteiger partial charge in [0, 0.05) is 15.5 Å². The number of nitrogens with one attached hydrogen (secondary N) is 1. The lowest BCUT2D eigenvalue weighted by atomic mass is 9.65. The molecular weight excluding hydrogens is 249 g/mol. The van der Waals surface area contributed by atoms with E-state index in [1.807, 2.05) is 0 Å². The van der Waals surface area contributed by atoms with Gasteiger partial charge in [0.15, 0.2) is 0 Å². The smallest absolute Gasteiger partial charge is 0.0254 e. The highest BCUT2D eigenvalue weighted by molar-refractivity contribution is 14.1. The van der Waals surface area contributed by atoms with Gasteiger partial charge in [-0.15, -0.1) is 0 Å². The lowest BCUT2D eigenvalue weighted by molar-refractivity contribution is 0.0877. The Balaban J connectivity index is 1.94. The van der Waals surface area contributed by atoms with E-state index in [0.717, 1.165) is 18.0 Å². The minimum atomic E-state index is 0.708. The van der Waals surface area contributed by atoms with Crippen molar-refractivity contribution in [1.29, 1.82) is 0 Å². The van der Waals surface area contributed by atoms with Crippen LogP contribution in [0.3, 0.4) is 0 Å². The Morgan fingerprint density at radius 1 is 1.09 bits per heavy atom. The molecule has 4 bridgehead atoms. The number of hydrogen-bond acceptors (Lipinski definition) is 1. The van der Waals surface area contributed by atoms with Crippen molar-refractivity contribution in [2.24, 2.45) is 5.92 Å². The standard InChI is InChI=1S/C9H14IN/c10-9-3-6-1-7(4-9)11-8(2-6)5-9/h6-8,11H,1-5H2. The molecule has 2 saturated carbocycles. The number of alkyl halides is 1. The van der Waals surface area contributed by atoms with E-state index in [1.165, 1.54) is 32.1 Å². The maximum atomic E-state index is 3.73. The van der Waals surface area contributed by atoms with Crippen LogP contribution in [0.5, 0.6) is 0 Å². The summed E-state index contributed by atoms with van der Waals surface area (Å²) in [5.74, 6) is 1.07. The first-order valence-electron chi connectivity index (χ1n) is 4.68. The van der Waals surface area contributed by atoms with Crippen LogP contribution < -0.4 is 5.32 Å². The molecule has 1 N–H and O–H groups in total. The second-order valence-electron chi connectivity index (χ2n) is 4.66. The molecule has 11 heavy (non-hydrogen) atoms. The van der Waals surface area contributed by atoms with Crippen molar-refractivity contribution in [1.82, 2.24) is 5.32 Å². The SMILES string of the molecule is IC12CC3CC(C1)NC(C3)C2. The molecule has 4 rings (SSSR count). The maximum Gasteiger partial charge on any atom is 0.0254 e. The fourth-order valence-electron chi connectivity index (χ4n) is 3.47. The summed E-state index contributed by atoms with van der Waals surface area (Å²) in [5, 5.41) is 3.73. The summed E-state index contributed by atoms with van der Waals surface area (Å²) in [5.41, 5.74) is 0. The third-order valence-corrected chi connectivity index (χ3v) is 4.91. The van der Waals surface area contributed by atoms with E-state index < -0.39 is 0 Å². The summed E-state index contributed by atoms with van der Waals surface area (Å²) in [7, 11) is 0. The lowest BCUT2D eigenvalue weighted by Crippen LogP contribution is -2.60. The molecule has 0 radical (unpaired) electrons. The average molecular weight is 263 g/mol. The molecule has 0 aromatic carbocycles. The molecule has 0 spiro atoms.